The highest BCUT2D eigenvalue weighted by Gasteiger charge is 2.66. The third-order valence-corrected chi connectivity index (χ3v) is 5.25. The number of carbonyl (C=O) groups is 2. The molecule has 0 aromatic heterocycles. The van der Waals surface area contributed by atoms with Crippen molar-refractivity contribution in [3.63, 3.8) is 0 Å². The van der Waals surface area contributed by atoms with Crippen LogP contribution in [0.1, 0.15) is 40.0 Å². The van der Waals surface area contributed by atoms with Gasteiger partial charge >= 0.3 is 11.9 Å². The Bertz CT molecular complexity index is 539. The van der Waals surface area contributed by atoms with Crippen LogP contribution in [0.2, 0.25) is 0 Å². The van der Waals surface area contributed by atoms with E-state index in [9.17, 15) is 19.7 Å². The van der Waals surface area contributed by atoms with Crippen LogP contribution in [0.4, 0.5) is 0 Å². The average Bonchev–Trinajstić information content (AvgIpc) is 2.84. The number of esters is 2. The van der Waals surface area contributed by atoms with E-state index in [1.165, 1.54) is 5.57 Å². The van der Waals surface area contributed by atoms with E-state index in [0.717, 1.165) is 12.8 Å². The zero-order chi connectivity index (χ0) is 17.9. The Morgan fingerprint density at radius 2 is 1.88 bits per heavy atom. The van der Waals surface area contributed by atoms with Gasteiger partial charge in [-0.2, -0.15) is 0 Å². The van der Waals surface area contributed by atoms with Gasteiger partial charge < -0.3 is 9.47 Å². The fourth-order valence-corrected chi connectivity index (χ4v) is 4.31. The summed E-state index contributed by atoms with van der Waals surface area (Å²) in [6.45, 7) is 5.15. The van der Waals surface area contributed by atoms with Crippen LogP contribution < -0.4 is 0 Å². The van der Waals surface area contributed by atoms with Gasteiger partial charge in [0.2, 0.25) is 6.54 Å². The van der Waals surface area contributed by atoms with E-state index >= 15 is 0 Å². The number of hydrogen-bond acceptors (Lipinski definition) is 6. The molecule has 0 unspecified atom stereocenters. The lowest BCUT2D eigenvalue weighted by molar-refractivity contribution is -0.508. The highest BCUT2D eigenvalue weighted by atomic mass is 16.6. The molecule has 24 heavy (non-hydrogen) atoms. The predicted octanol–water partition coefficient (Wildman–Crippen LogP) is 2.37. The first kappa shape index (κ1) is 18.4. The van der Waals surface area contributed by atoms with E-state index in [0.29, 0.717) is 6.42 Å². The van der Waals surface area contributed by atoms with Crippen molar-refractivity contribution in [1.29, 1.82) is 0 Å². The van der Waals surface area contributed by atoms with Crippen LogP contribution in [0, 0.1) is 33.3 Å². The van der Waals surface area contributed by atoms with Crippen molar-refractivity contribution >= 4 is 11.9 Å². The van der Waals surface area contributed by atoms with Crippen LogP contribution in [0.15, 0.2) is 11.6 Å². The van der Waals surface area contributed by atoms with Crippen molar-refractivity contribution in [2.45, 2.75) is 40.0 Å². The van der Waals surface area contributed by atoms with Crippen molar-refractivity contribution in [3.05, 3.63) is 21.8 Å². The predicted molar refractivity (Wildman–Crippen MR) is 85.6 cm³/mol. The number of allylic oxidation sites excluding steroid dienone is 2. The standard InChI is InChI=1S/C17H25NO6/c1-4-11-7-12-9-17(10-18(21)22,13(12)8-11)14(15(19)23-5-2)16(20)24-6-3/h8,12-14H,4-7,9-10H2,1-3H3/t12-,13-,17+/m1/s1. The summed E-state index contributed by atoms with van der Waals surface area (Å²) in [5.41, 5.74) is 0.200. The van der Waals surface area contributed by atoms with Crippen molar-refractivity contribution in [2.24, 2.45) is 23.2 Å². The third kappa shape index (κ3) is 3.16. The summed E-state index contributed by atoms with van der Waals surface area (Å²) < 4.78 is 10.1. The second kappa shape index (κ2) is 7.32. The third-order valence-electron chi connectivity index (χ3n) is 5.25. The molecule has 1 fully saturated rings. The number of hydrogen-bond donors (Lipinski definition) is 0. The monoisotopic (exact) mass is 339 g/mol. The summed E-state index contributed by atoms with van der Waals surface area (Å²) in [6.07, 6.45) is 4.27. The molecule has 134 valence electrons. The SMILES string of the molecule is CCOC(=O)C(C(=O)OCC)[C@]1(C[N+](=O)[O-])C[C@H]2CC(CC)=C[C@H]21. The summed E-state index contributed by atoms with van der Waals surface area (Å²) >= 11 is 0. The number of nitrogens with zero attached hydrogens (tertiary/aromatic N) is 1. The molecule has 0 N–H and O–H groups in total. The van der Waals surface area contributed by atoms with Gasteiger partial charge in [0.25, 0.3) is 0 Å². The molecule has 0 aromatic carbocycles. The fraction of sp³-hybridized carbons (Fsp3) is 0.765. The Labute approximate surface area is 141 Å². The number of carbonyl (C=O) groups excluding carboxylic acids is 2. The Morgan fingerprint density at radius 3 is 2.33 bits per heavy atom. The number of ether oxygens (including phenoxy) is 2. The highest BCUT2D eigenvalue weighted by Crippen LogP contribution is 2.62. The Morgan fingerprint density at radius 1 is 1.29 bits per heavy atom. The lowest BCUT2D eigenvalue weighted by Gasteiger charge is -2.51. The number of nitro groups is 1. The molecule has 3 atom stereocenters. The van der Waals surface area contributed by atoms with Crippen LogP contribution in [0.25, 0.3) is 0 Å². The molecule has 0 saturated heterocycles. The molecule has 1 saturated carbocycles. The lowest BCUT2D eigenvalue weighted by atomic mass is 9.49. The topological polar surface area (TPSA) is 95.7 Å². The first-order valence-corrected chi connectivity index (χ1v) is 8.54. The molecule has 7 heteroatoms. The van der Waals surface area contributed by atoms with Crippen molar-refractivity contribution < 1.29 is 24.0 Å². The number of rotatable bonds is 8. The second-order valence-corrected chi connectivity index (χ2v) is 6.53. The van der Waals surface area contributed by atoms with Gasteiger partial charge in [-0.15, -0.1) is 0 Å². The second-order valence-electron chi connectivity index (χ2n) is 6.53. The van der Waals surface area contributed by atoms with Gasteiger partial charge in [-0.1, -0.05) is 18.6 Å². The summed E-state index contributed by atoms with van der Waals surface area (Å²) in [6, 6.07) is 0. The molecule has 0 aromatic rings. The van der Waals surface area contributed by atoms with Gasteiger partial charge in [-0.25, -0.2) is 0 Å². The highest BCUT2D eigenvalue weighted by molar-refractivity contribution is 5.96. The summed E-state index contributed by atoms with van der Waals surface area (Å²) in [5.74, 6) is -2.54. The van der Waals surface area contributed by atoms with E-state index in [2.05, 4.69) is 0 Å². The molecule has 0 heterocycles. The zero-order valence-corrected chi connectivity index (χ0v) is 14.4. The Kier molecular flexibility index (Phi) is 5.62. The maximum absolute atomic E-state index is 12.5. The largest absolute Gasteiger partial charge is 0.465 e. The van der Waals surface area contributed by atoms with Gasteiger partial charge in [0.1, 0.15) is 0 Å². The van der Waals surface area contributed by atoms with Crippen LogP contribution >= 0.6 is 0 Å². The van der Waals surface area contributed by atoms with E-state index in [1.807, 2.05) is 13.0 Å². The molecule has 0 aliphatic heterocycles. The first-order valence-electron chi connectivity index (χ1n) is 8.54. The van der Waals surface area contributed by atoms with Crippen LogP contribution in [-0.2, 0) is 19.1 Å². The molecule has 7 nitrogen and oxygen atoms in total. The first-order chi connectivity index (χ1) is 11.4. The Balaban J connectivity index is 2.39. The quantitative estimate of drug-likeness (QED) is 0.221. The van der Waals surface area contributed by atoms with Gasteiger partial charge in [0.15, 0.2) is 5.92 Å². The summed E-state index contributed by atoms with van der Waals surface area (Å²) in [5, 5.41) is 11.3. The van der Waals surface area contributed by atoms with Crippen molar-refractivity contribution in [2.75, 3.05) is 19.8 Å². The average molecular weight is 339 g/mol. The zero-order valence-electron chi connectivity index (χ0n) is 14.4. The fourth-order valence-electron chi connectivity index (χ4n) is 4.31. The molecule has 2 aliphatic carbocycles. The van der Waals surface area contributed by atoms with Crippen molar-refractivity contribution in [3.8, 4) is 0 Å². The van der Waals surface area contributed by atoms with E-state index in [-0.39, 0.29) is 25.0 Å². The van der Waals surface area contributed by atoms with Gasteiger partial charge in [0, 0.05) is 4.92 Å². The molecule has 0 radical (unpaired) electrons. The Hall–Kier alpha value is -1.92. The van der Waals surface area contributed by atoms with Gasteiger partial charge in [-0.05, 0) is 44.9 Å². The van der Waals surface area contributed by atoms with Crippen molar-refractivity contribution in [1.82, 2.24) is 0 Å². The van der Waals surface area contributed by atoms with Gasteiger partial charge in [0.05, 0.1) is 18.6 Å². The van der Waals surface area contributed by atoms with Gasteiger partial charge in [-0.3, -0.25) is 19.7 Å². The maximum atomic E-state index is 12.5. The minimum Gasteiger partial charge on any atom is -0.465 e. The lowest BCUT2D eigenvalue weighted by Crippen LogP contribution is -2.59. The molecule has 0 amide bonds. The molecular formula is C17H25NO6. The smallest absolute Gasteiger partial charge is 0.321 e. The van der Waals surface area contributed by atoms with E-state index in [4.69, 9.17) is 9.47 Å². The van der Waals surface area contributed by atoms with Crippen LogP contribution in [0.5, 0.6) is 0 Å². The number of fused-ring (bicyclic) bond motifs is 1. The normalized spacial score (nSPS) is 27.9. The van der Waals surface area contributed by atoms with E-state index < -0.39 is 34.7 Å². The minimum atomic E-state index is -1.24. The molecule has 0 bridgehead atoms. The maximum Gasteiger partial charge on any atom is 0.321 e. The van der Waals surface area contributed by atoms with Crippen LogP contribution in [0.3, 0.4) is 0 Å². The van der Waals surface area contributed by atoms with Crippen LogP contribution in [-0.4, -0.2) is 36.6 Å². The minimum absolute atomic E-state index is 0.118. The summed E-state index contributed by atoms with van der Waals surface area (Å²) in [4.78, 5) is 35.8. The van der Waals surface area contributed by atoms with E-state index in [1.54, 1.807) is 13.8 Å². The molecular weight excluding hydrogens is 314 g/mol. The summed E-state index contributed by atoms with van der Waals surface area (Å²) in [7, 11) is 0. The molecule has 2 rings (SSSR count). The molecule has 0 spiro atoms. The molecule has 2 aliphatic rings.